The highest BCUT2D eigenvalue weighted by Crippen LogP contribution is 2.21. The van der Waals surface area contributed by atoms with E-state index in [1.165, 1.54) is 12.1 Å². The summed E-state index contributed by atoms with van der Waals surface area (Å²) in [5, 5.41) is 0. The molecule has 0 spiro atoms. The molecule has 0 aliphatic rings. The van der Waals surface area contributed by atoms with E-state index in [9.17, 15) is 13.2 Å². The fourth-order valence-corrected chi connectivity index (χ4v) is 1.30. The molecule has 0 aliphatic heterocycles. The molecule has 1 aromatic rings. The first-order chi connectivity index (χ1) is 6.61. The molecule has 14 heavy (non-hydrogen) atoms. The summed E-state index contributed by atoms with van der Waals surface area (Å²) in [5.74, 6) is -0.428. The lowest BCUT2D eigenvalue weighted by Crippen LogP contribution is -2.04. The predicted octanol–water partition coefficient (Wildman–Crippen LogP) is 3.37. The van der Waals surface area contributed by atoms with E-state index in [1.807, 2.05) is 0 Å². The van der Waals surface area contributed by atoms with Crippen molar-refractivity contribution in [2.24, 2.45) is 0 Å². The standard InChI is InChI=1S/C9H8BrF3O/c10-9-6(2-1-3-7(9)11)4-14-5-8(12)13/h1-3,8H,4-5H2. The molecule has 0 saturated heterocycles. The lowest BCUT2D eigenvalue weighted by atomic mass is 10.2. The van der Waals surface area contributed by atoms with Crippen LogP contribution in [0.1, 0.15) is 5.56 Å². The van der Waals surface area contributed by atoms with E-state index >= 15 is 0 Å². The van der Waals surface area contributed by atoms with Crippen LogP contribution in [0.2, 0.25) is 0 Å². The zero-order chi connectivity index (χ0) is 10.6. The van der Waals surface area contributed by atoms with Crippen LogP contribution in [0.4, 0.5) is 13.2 Å². The highest BCUT2D eigenvalue weighted by atomic mass is 79.9. The minimum absolute atomic E-state index is 0.0251. The molecule has 0 unspecified atom stereocenters. The molecule has 0 fully saturated rings. The van der Waals surface area contributed by atoms with Crippen LogP contribution >= 0.6 is 15.9 Å². The van der Waals surface area contributed by atoms with Gasteiger partial charge in [-0.3, -0.25) is 0 Å². The van der Waals surface area contributed by atoms with Gasteiger partial charge in [-0.05, 0) is 27.6 Å². The Morgan fingerprint density at radius 1 is 1.36 bits per heavy atom. The van der Waals surface area contributed by atoms with E-state index < -0.39 is 18.8 Å². The minimum Gasteiger partial charge on any atom is -0.371 e. The van der Waals surface area contributed by atoms with Crippen molar-refractivity contribution in [1.29, 1.82) is 0 Å². The molecule has 0 saturated carbocycles. The summed E-state index contributed by atoms with van der Waals surface area (Å²) < 4.78 is 41.3. The molecular formula is C9H8BrF3O. The Morgan fingerprint density at radius 2 is 2.07 bits per heavy atom. The molecule has 0 atom stereocenters. The van der Waals surface area contributed by atoms with E-state index in [2.05, 4.69) is 20.7 Å². The molecule has 0 N–H and O–H groups in total. The SMILES string of the molecule is Fc1cccc(COCC(F)F)c1Br. The maximum Gasteiger partial charge on any atom is 0.261 e. The van der Waals surface area contributed by atoms with Gasteiger partial charge in [0.25, 0.3) is 6.43 Å². The van der Waals surface area contributed by atoms with Gasteiger partial charge in [-0.15, -0.1) is 0 Å². The van der Waals surface area contributed by atoms with E-state index in [4.69, 9.17) is 0 Å². The zero-order valence-electron chi connectivity index (χ0n) is 7.14. The molecule has 1 nitrogen and oxygen atoms in total. The average Bonchev–Trinajstić information content (AvgIpc) is 2.12. The molecule has 0 amide bonds. The summed E-state index contributed by atoms with van der Waals surface area (Å²) in [7, 11) is 0. The van der Waals surface area contributed by atoms with Crippen molar-refractivity contribution in [1.82, 2.24) is 0 Å². The van der Waals surface area contributed by atoms with Gasteiger partial charge in [-0.2, -0.15) is 0 Å². The van der Waals surface area contributed by atoms with E-state index in [0.717, 1.165) is 0 Å². The summed E-state index contributed by atoms with van der Waals surface area (Å²) in [6, 6.07) is 4.39. The van der Waals surface area contributed by atoms with Gasteiger partial charge in [-0.1, -0.05) is 12.1 Å². The summed E-state index contributed by atoms with van der Waals surface area (Å²) in [4.78, 5) is 0. The normalized spacial score (nSPS) is 10.9. The van der Waals surface area contributed by atoms with Crippen LogP contribution in [-0.4, -0.2) is 13.0 Å². The molecule has 0 heterocycles. The lowest BCUT2D eigenvalue weighted by Gasteiger charge is -2.06. The average molecular weight is 269 g/mol. The molecule has 5 heteroatoms. The first kappa shape index (κ1) is 11.5. The number of ether oxygens (including phenoxy) is 1. The maximum absolute atomic E-state index is 12.9. The molecule has 0 aromatic heterocycles. The summed E-state index contributed by atoms with van der Waals surface area (Å²) in [6.45, 7) is -0.661. The number of hydrogen-bond donors (Lipinski definition) is 0. The van der Waals surface area contributed by atoms with Gasteiger partial charge in [0.2, 0.25) is 0 Å². The number of halogens is 4. The van der Waals surface area contributed by atoms with Crippen LogP contribution in [0.5, 0.6) is 0 Å². The Kier molecular flexibility index (Phi) is 4.41. The van der Waals surface area contributed by atoms with Crippen LogP contribution in [0, 0.1) is 5.82 Å². The molecule has 1 aromatic carbocycles. The Morgan fingerprint density at radius 3 is 2.71 bits per heavy atom. The monoisotopic (exact) mass is 268 g/mol. The van der Waals surface area contributed by atoms with Crippen molar-refractivity contribution in [2.75, 3.05) is 6.61 Å². The number of hydrogen-bond acceptors (Lipinski definition) is 1. The van der Waals surface area contributed by atoms with Crippen LogP contribution in [0.25, 0.3) is 0 Å². The van der Waals surface area contributed by atoms with Crippen molar-refractivity contribution in [3.8, 4) is 0 Å². The molecule has 0 aliphatic carbocycles. The number of alkyl halides is 2. The second-order valence-corrected chi connectivity index (χ2v) is 3.41. The zero-order valence-corrected chi connectivity index (χ0v) is 8.73. The Hall–Kier alpha value is -0.550. The van der Waals surface area contributed by atoms with Crippen LogP contribution in [0.15, 0.2) is 22.7 Å². The largest absolute Gasteiger partial charge is 0.371 e. The van der Waals surface area contributed by atoms with E-state index in [1.54, 1.807) is 6.07 Å². The predicted molar refractivity (Wildman–Crippen MR) is 49.8 cm³/mol. The molecule has 0 radical (unpaired) electrons. The smallest absolute Gasteiger partial charge is 0.261 e. The maximum atomic E-state index is 12.9. The Labute approximate surface area is 88.0 Å². The number of rotatable bonds is 4. The van der Waals surface area contributed by atoms with Crippen LogP contribution in [0.3, 0.4) is 0 Å². The van der Waals surface area contributed by atoms with Crippen molar-refractivity contribution in [2.45, 2.75) is 13.0 Å². The third-order valence-electron chi connectivity index (χ3n) is 1.53. The van der Waals surface area contributed by atoms with Crippen molar-refractivity contribution in [3.63, 3.8) is 0 Å². The molecule has 78 valence electrons. The summed E-state index contributed by atoms with van der Waals surface area (Å²) >= 11 is 3.00. The van der Waals surface area contributed by atoms with Crippen molar-refractivity contribution < 1.29 is 17.9 Å². The third-order valence-corrected chi connectivity index (χ3v) is 2.42. The highest BCUT2D eigenvalue weighted by Gasteiger charge is 2.07. The van der Waals surface area contributed by atoms with Gasteiger partial charge in [0.1, 0.15) is 12.4 Å². The van der Waals surface area contributed by atoms with Crippen LogP contribution in [-0.2, 0) is 11.3 Å². The van der Waals surface area contributed by atoms with Crippen LogP contribution < -0.4 is 0 Å². The van der Waals surface area contributed by atoms with E-state index in [0.29, 0.717) is 5.56 Å². The minimum atomic E-state index is -2.50. The third kappa shape index (κ3) is 3.31. The van der Waals surface area contributed by atoms with Gasteiger partial charge >= 0.3 is 0 Å². The second-order valence-electron chi connectivity index (χ2n) is 2.62. The van der Waals surface area contributed by atoms with Crippen molar-refractivity contribution in [3.05, 3.63) is 34.1 Å². The van der Waals surface area contributed by atoms with E-state index in [-0.39, 0.29) is 11.1 Å². The summed E-state index contributed by atoms with van der Waals surface area (Å²) in [5.41, 5.74) is 0.519. The Balaban J connectivity index is 2.54. The van der Waals surface area contributed by atoms with Gasteiger partial charge in [0.15, 0.2) is 0 Å². The number of benzene rings is 1. The van der Waals surface area contributed by atoms with Gasteiger partial charge in [0.05, 0.1) is 11.1 Å². The quantitative estimate of drug-likeness (QED) is 0.814. The fourth-order valence-electron chi connectivity index (χ4n) is 0.918. The lowest BCUT2D eigenvalue weighted by molar-refractivity contribution is 0.00963. The van der Waals surface area contributed by atoms with Crippen molar-refractivity contribution >= 4 is 15.9 Å². The topological polar surface area (TPSA) is 9.23 Å². The second kappa shape index (κ2) is 5.36. The fraction of sp³-hybridized carbons (Fsp3) is 0.333. The van der Waals surface area contributed by atoms with Gasteiger partial charge in [-0.25, -0.2) is 13.2 Å². The highest BCUT2D eigenvalue weighted by molar-refractivity contribution is 9.10. The Bertz CT molecular complexity index is 304. The first-order valence-corrected chi connectivity index (χ1v) is 4.69. The molecular weight excluding hydrogens is 261 g/mol. The summed E-state index contributed by atoms with van der Waals surface area (Å²) in [6.07, 6.45) is -2.50. The first-order valence-electron chi connectivity index (χ1n) is 3.90. The van der Waals surface area contributed by atoms with Gasteiger partial charge < -0.3 is 4.74 Å². The van der Waals surface area contributed by atoms with Gasteiger partial charge in [0, 0.05) is 0 Å². The molecule has 0 bridgehead atoms. The molecule has 1 rings (SSSR count).